The molecule has 0 radical (unpaired) electrons. The average molecular weight is 389 g/mol. The third kappa shape index (κ3) is 7.22. The van der Waals surface area contributed by atoms with Crippen LogP contribution in [0.5, 0.6) is 0 Å². The van der Waals surface area contributed by atoms with Crippen molar-refractivity contribution in [3.05, 3.63) is 41.1 Å². The number of aliphatic carboxylic acids is 1. The summed E-state index contributed by atoms with van der Waals surface area (Å²) >= 11 is 0. The summed E-state index contributed by atoms with van der Waals surface area (Å²) in [5.41, 5.74) is 1.01. The number of rotatable bonds is 4. The van der Waals surface area contributed by atoms with E-state index in [9.17, 15) is 27.6 Å². The van der Waals surface area contributed by atoms with Crippen LogP contribution < -0.4 is 10.1 Å². The molecule has 2 rings (SSSR count). The van der Waals surface area contributed by atoms with Crippen molar-refractivity contribution in [1.29, 1.82) is 0 Å². The largest absolute Gasteiger partial charge is 0.490 e. The first-order valence-corrected chi connectivity index (χ1v) is 7.30. The summed E-state index contributed by atoms with van der Waals surface area (Å²) in [6.45, 7) is 0.296. The molecule has 0 aliphatic rings. The van der Waals surface area contributed by atoms with Crippen molar-refractivity contribution in [3.63, 3.8) is 0 Å². The fourth-order valence-corrected chi connectivity index (χ4v) is 1.72. The molecule has 0 atom stereocenters. The van der Waals surface area contributed by atoms with Crippen LogP contribution in [-0.2, 0) is 27.9 Å². The van der Waals surface area contributed by atoms with Gasteiger partial charge in [0.2, 0.25) is 5.43 Å². The van der Waals surface area contributed by atoms with Crippen LogP contribution in [0.1, 0.15) is 6.42 Å². The lowest BCUT2D eigenvalue weighted by Gasteiger charge is -2.01. The Hall–Kier alpha value is -3.31. The summed E-state index contributed by atoms with van der Waals surface area (Å²) in [6.07, 6.45) is 1.22. The molecule has 2 aromatic rings. The van der Waals surface area contributed by atoms with Crippen LogP contribution in [-0.4, -0.2) is 45.2 Å². The number of ether oxygens (including phenoxy) is 1. The SMILES string of the molecule is COC(=O)C(F)(F)F.Cn1cc(-c2cc[n+](CCC(=O)O)nc2)c(=O)cn1. The van der Waals surface area contributed by atoms with Gasteiger partial charge in [0.25, 0.3) is 0 Å². The highest BCUT2D eigenvalue weighted by atomic mass is 19.4. The maximum atomic E-state index is 11.7. The number of esters is 1. The van der Waals surface area contributed by atoms with E-state index in [-0.39, 0.29) is 11.8 Å². The van der Waals surface area contributed by atoms with Gasteiger partial charge in [0.05, 0.1) is 18.9 Å². The van der Waals surface area contributed by atoms with Crippen molar-refractivity contribution in [3.8, 4) is 11.1 Å². The van der Waals surface area contributed by atoms with Crippen LogP contribution in [0.2, 0.25) is 0 Å². The third-order valence-corrected chi connectivity index (χ3v) is 2.99. The van der Waals surface area contributed by atoms with Gasteiger partial charge in [-0.1, -0.05) is 4.68 Å². The molecule has 146 valence electrons. The minimum Gasteiger partial charge on any atom is -0.481 e. The zero-order chi connectivity index (χ0) is 20.6. The van der Waals surface area contributed by atoms with Crippen LogP contribution in [0.4, 0.5) is 13.2 Å². The van der Waals surface area contributed by atoms with E-state index >= 15 is 0 Å². The predicted molar refractivity (Wildman–Crippen MR) is 83.2 cm³/mol. The second-order valence-corrected chi connectivity index (χ2v) is 5.04. The Kier molecular flexibility index (Phi) is 7.57. The molecule has 2 aromatic heterocycles. The Morgan fingerprint density at radius 1 is 1.33 bits per heavy atom. The molecule has 12 heteroatoms. The highest BCUT2D eigenvalue weighted by Gasteiger charge is 2.40. The molecule has 1 N–H and O–H groups in total. The molecule has 0 saturated carbocycles. The first-order valence-electron chi connectivity index (χ1n) is 7.30. The summed E-state index contributed by atoms with van der Waals surface area (Å²) in [5, 5.41) is 16.5. The molecule has 0 amide bonds. The fraction of sp³-hybridized carbons (Fsp3) is 0.333. The van der Waals surface area contributed by atoms with Gasteiger partial charge in [-0.05, 0) is 5.10 Å². The Labute approximate surface area is 150 Å². The van der Waals surface area contributed by atoms with Crippen LogP contribution in [0.15, 0.2) is 35.6 Å². The van der Waals surface area contributed by atoms with E-state index in [1.165, 1.54) is 10.9 Å². The number of carboxylic acids is 1. The van der Waals surface area contributed by atoms with E-state index in [1.807, 2.05) is 0 Å². The van der Waals surface area contributed by atoms with E-state index in [0.717, 1.165) is 0 Å². The van der Waals surface area contributed by atoms with Crippen molar-refractivity contribution in [1.82, 2.24) is 14.9 Å². The molecule has 0 spiro atoms. The number of halogens is 3. The molecule has 0 unspecified atom stereocenters. The highest BCUT2D eigenvalue weighted by Crippen LogP contribution is 2.15. The maximum Gasteiger partial charge on any atom is 0.490 e. The number of methoxy groups -OCH3 is 1. The van der Waals surface area contributed by atoms with Crippen molar-refractivity contribution < 1.29 is 37.3 Å². The maximum absolute atomic E-state index is 11.7. The van der Waals surface area contributed by atoms with Gasteiger partial charge in [0.1, 0.15) is 12.6 Å². The molecule has 0 aliphatic carbocycles. The number of carbonyl (C=O) groups is 2. The Bertz CT molecular complexity index is 850. The summed E-state index contributed by atoms with van der Waals surface area (Å²) < 4.78 is 39.3. The second-order valence-electron chi connectivity index (χ2n) is 5.04. The van der Waals surface area contributed by atoms with Crippen LogP contribution in [0.25, 0.3) is 11.1 Å². The van der Waals surface area contributed by atoms with Crippen molar-refractivity contribution >= 4 is 11.9 Å². The molecular formula is C15H16F3N4O5+. The molecule has 9 nitrogen and oxygen atoms in total. The van der Waals surface area contributed by atoms with Gasteiger partial charge in [0.15, 0.2) is 12.7 Å². The van der Waals surface area contributed by atoms with Gasteiger partial charge >= 0.3 is 18.1 Å². The first-order chi connectivity index (χ1) is 12.5. The Morgan fingerprint density at radius 3 is 2.44 bits per heavy atom. The number of alkyl halides is 3. The minimum absolute atomic E-state index is 0.00797. The topological polar surface area (TPSA) is 115 Å². The van der Waals surface area contributed by atoms with Gasteiger partial charge in [-0.15, -0.1) is 0 Å². The first kappa shape index (κ1) is 21.7. The van der Waals surface area contributed by atoms with Crippen molar-refractivity contribution in [2.45, 2.75) is 19.1 Å². The number of carboxylic acid groups (broad SMARTS) is 1. The van der Waals surface area contributed by atoms with Crippen LogP contribution >= 0.6 is 0 Å². The number of aryl methyl sites for hydroxylation is 2. The molecule has 0 aromatic carbocycles. The molecule has 0 fully saturated rings. The summed E-state index contributed by atoms with van der Waals surface area (Å²) in [5.74, 6) is -3.04. The summed E-state index contributed by atoms with van der Waals surface area (Å²) in [4.78, 5) is 31.6. The number of aromatic nitrogens is 4. The molecule has 2 heterocycles. The number of nitrogens with zero attached hydrogens (tertiary/aromatic N) is 4. The lowest BCUT2D eigenvalue weighted by atomic mass is 10.1. The number of hydrogen-bond donors (Lipinski definition) is 1. The second kappa shape index (κ2) is 9.40. The standard InChI is InChI=1S/C12H12N4O3.C3H3F3O2/c1-15-8-10(11(17)7-13-15)9-2-4-16(14-6-9)5-3-12(18)19;1-8-2(7)3(4,5)6/h2,4,6-8H,3,5H2,1H3;1H3/p+1. The fourth-order valence-electron chi connectivity index (χ4n) is 1.72. The molecule has 0 saturated heterocycles. The van der Waals surface area contributed by atoms with Gasteiger partial charge in [-0.25, -0.2) is 4.79 Å². The van der Waals surface area contributed by atoms with Gasteiger partial charge in [0, 0.05) is 24.9 Å². The number of hydrogen-bond acceptors (Lipinski definition) is 6. The van der Waals surface area contributed by atoms with Crippen molar-refractivity contribution in [2.75, 3.05) is 7.11 Å². The van der Waals surface area contributed by atoms with E-state index in [2.05, 4.69) is 14.9 Å². The molecule has 0 bridgehead atoms. The lowest BCUT2D eigenvalue weighted by Crippen LogP contribution is -2.38. The molecule has 0 aliphatic heterocycles. The smallest absolute Gasteiger partial charge is 0.481 e. The Morgan fingerprint density at radius 2 is 2.00 bits per heavy atom. The van der Waals surface area contributed by atoms with E-state index in [0.29, 0.717) is 24.8 Å². The van der Waals surface area contributed by atoms with Gasteiger partial charge < -0.3 is 9.84 Å². The lowest BCUT2D eigenvalue weighted by molar-refractivity contribution is -0.752. The quantitative estimate of drug-likeness (QED) is 0.592. The predicted octanol–water partition coefficient (Wildman–Crippen LogP) is 0.326. The number of carbonyl (C=O) groups excluding carboxylic acids is 1. The molecule has 27 heavy (non-hydrogen) atoms. The zero-order valence-electron chi connectivity index (χ0n) is 14.3. The summed E-state index contributed by atoms with van der Waals surface area (Å²) in [6, 6.07) is 1.73. The monoisotopic (exact) mass is 389 g/mol. The van der Waals surface area contributed by atoms with Gasteiger partial charge in [-0.2, -0.15) is 18.3 Å². The average Bonchev–Trinajstić information content (AvgIpc) is 2.61. The van der Waals surface area contributed by atoms with Gasteiger partial charge in [-0.3, -0.25) is 14.3 Å². The normalized spacial score (nSPS) is 10.6. The van der Waals surface area contributed by atoms with E-state index in [4.69, 9.17) is 5.11 Å². The third-order valence-electron chi connectivity index (χ3n) is 2.99. The van der Waals surface area contributed by atoms with Crippen LogP contribution in [0, 0.1) is 0 Å². The zero-order valence-corrected chi connectivity index (χ0v) is 14.3. The van der Waals surface area contributed by atoms with E-state index in [1.54, 1.807) is 36.4 Å². The molecular weight excluding hydrogens is 373 g/mol. The highest BCUT2D eigenvalue weighted by molar-refractivity contribution is 5.75. The van der Waals surface area contributed by atoms with Crippen LogP contribution in [0.3, 0.4) is 0 Å². The Balaban J connectivity index is 0.000000387. The summed E-state index contributed by atoms with van der Waals surface area (Å²) in [7, 11) is 2.40. The van der Waals surface area contributed by atoms with E-state index < -0.39 is 18.1 Å². The van der Waals surface area contributed by atoms with Crippen molar-refractivity contribution in [2.24, 2.45) is 7.05 Å². The minimum atomic E-state index is -4.85.